The minimum atomic E-state index is -0.240. The molecule has 0 aromatic carbocycles. The van der Waals surface area contributed by atoms with Gasteiger partial charge >= 0.3 is 0 Å². The van der Waals surface area contributed by atoms with Gasteiger partial charge in [0.25, 0.3) is 0 Å². The summed E-state index contributed by atoms with van der Waals surface area (Å²) in [6, 6.07) is -0.240. The van der Waals surface area contributed by atoms with Gasteiger partial charge in [0.05, 0.1) is 6.04 Å². The van der Waals surface area contributed by atoms with Gasteiger partial charge in [0.2, 0.25) is 11.9 Å². The Morgan fingerprint density at radius 1 is 1.50 bits per heavy atom. The zero-order valence-corrected chi connectivity index (χ0v) is 7.58. The lowest BCUT2D eigenvalue weighted by Gasteiger charge is -2.22. The maximum Gasteiger partial charge on any atom is 0.239 e. The molecule has 1 aliphatic heterocycles. The highest BCUT2D eigenvalue weighted by molar-refractivity contribution is 5.82. The summed E-state index contributed by atoms with van der Waals surface area (Å²) < 4.78 is 0. The molecule has 1 atom stereocenters. The molecule has 1 amide bonds. The Bertz CT molecular complexity index is 335. The number of aromatic nitrogens is 3. The second kappa shape index (κ2) is 3.62. The van der Waals surface area contributed by atoms with E-state index in [4.69, 9.17) is 5.73 Å². The normalized spacial score (nSPS) is 22.0. The van der Waals surface area contributed by atoms with Gasteiger partial charge in [-0.3, -0.25) is 9.89 Å². The largest absolute Gasteiger partial charge is 0.367 e. The fourth-order valence-electron chi connectivity index (χ4n) is 1.41. The molecule has 1 fully saturated rings. The fraction of sp³-hybridized carbons (Fsp3) is 0.571. The molecule has 0 bridgehead atoms. The van der Waals surface area contributed by atoms with Gasteiger partial charge in [0.1, 0.15) is 5.82 Å². The Labute approximate surface area is 80.5 Å². The van der Waals surface area contributed by atoms with E-state index in [0.717, 1.165) is 6.54 Å². The summed E-state index contributed by atoms with van der Waals surface area (Å²) in [7, 11) is 0. The third-order valence-electron chi connectivity index (χ3n) is 2.08. The quantitative estimate of drug-likeness (QED) is 0.438. The Morgan fingerprint density at radius 3 is 3.00 bits per heavy atom. The van der Waals surface area contributed by atoms with E-state index in [1.54, 1.807) is 0 Å². The number of hydrogen-bond acceptors (Lipinski definition) is 5. The van der Waals surface area contributed by atoms with Gasteiger partial charge in [-0.05, 0) is 0 Å². The smallest absolute Gasteiger partial charge is 0.239 e. The van der Waals surface area contributed by atoms with E-state index in [0.29, 0.717) is 18.8 Å². The number of nitrogen functional groups attached to an aromatic ring is 1. The second-order valence-electron chi connectivity index (χ2n) is 3.14. The zero-order valence-electron chi connectivity index (χ0n) is 7.58. The van der Waals surface area contributed by atoms with Crippen molar-refractivity contribution in [1.29, 1.82) is 0 Å². The monoisotopic (exact) mass is 196 g/mol. The number of rotatable bonds is 2. The molecule has 7 nitrogen and oxygen atoms in total. The predicted octanol–water partition coefficient (Wildman–Crippen LogP) is -1.98. The summed E-state index contributed by atoms with van der Waals surface area (Å²) in [6.07, 6.45) is 0.482. The lowest BCUT2D eigenvalue weighted by atomic mass is 10.1. The Kier molecular flexibility index (Phi) is 2.32. The maximum atomic E-state index is 11.3. The first-order valence-electron chi connectivity index (χ1n) is 4.43. The molecular formula is C7H12N6O. The Morgan fingerprint density at radius 2 is 2.36 bits per heavy atom. The van der Waals surface area contributed by atoms with Crippen LogP contribution in [0.3, 0.4) is 0 Å². The minimum absolute atomic E-state index is 0.00813. The molecule has 1 saturated heterocycles. The molecule has 1 aliphatic rings. The summed E-state index contributed by atoms with van der Waals surface area (Å²) >= 11 is 0. The van der Waals surface area contributed by atoms with Crippen molar-refractivity contribution in [3.8, 4) is 0 Å². The lowest BCUT2D eigenvalue weighted by molar-refractivity contribution is -0.124. The molecule has 0 saturated carbocycles. The summed E-state index contributed by atoms with van der Waals surface area (Å²) in [5.41, 5.74) is 5.34. The zero-order chi connectivity index (χ0) is 9.97. The first-order valence-corrected chi connectivity index (χ1v) is 4.43. The maximum absolute atomic E-state index is 11.3. The number of hydrogen-bond donors (Lipinski definition) is 4. The third-order valence-corrected chi connectivity index (χ3v) is 2.08. The van der Waals surface area contributed by atoms with Crippen LogP contribution in [0.25, 0.3) is 0 Å². The topological polar surface area (TPSA) is 109 Å². The first kappa shape index (κ1) is 8.95. The fourth-order valence-corrected chi connectivity index (χ4v) is 1.41. The van der Waals surface area contributed by atoms with Gasteiger partial charge in [0, 0.05) is 19.5 Å². The number of nitrogens with one attached hydrogen (secondary N) is 3. The molecule has 0 aliphatic carbocycles. The summed E-state index contributed by atoms with van der Waals surface area (Å²) in [6.45, 7) is 1.45. The van der Waals surface area contributed by atoms with E-state index in [1.165, 1.54) is 0 Å². The SMILES string of the molecule is Nc1n[nH]c(CC2NCCNC2=O)n1. The van der Waals surface area contributed by atoms with Crippen LogP contribution in [-0.2, 0) is 11.2 Å². The lowest BCUT2D eigenvalue weighted by Crippen LogP contribution is -2.53. The second-order valence-corrected chi connectivity index (χ2v) is 3.14. The number of nitrogens with two attached hydrogens (primary N) is 1. The highest BCUT2D eigenvalue weighted by Gasteiger charge is 2.22. The minimum Gasteiger partial charge on any atom is -0.367 e. The van der Waals surface area contributed by atoms with Gasteiger partial charge in [-0.15, -0.1) is 5.10 Å². The molecule has 7 heteroatoms. The van der Waals surface area contributed by atoms with Crippen LogP contribution in [0.15, 0.2) is 0 Å². The molecule has 5 N–H and O–H groups in total. The Balaban J connectivity index is 1.99. The van der Waals surface area contributed by atoms with Crippen LogP contribution in [0.5, 0.6) is 0 Å². The van der Waals surface area contributed by atoms with Crippen molar-refractivity contribution in [2.24, 2.45) is 0 Å². The van der Waals surface area contributed by atoms with E-state index in [2.05, 4.69) is 25.8 Å². The van der Waals surface area contributed by atoms with Gasteiger partial charge in [0.15, 0.2) is 0 Å². The number of anilines is 1. The third kappa shape index (κ3) is 1.82. The van der Waals surface area contributed by atoms with Crippen molar-refractivity contribution >= 4 is 11.9 Å². The molecule has 0 spiro atoms. The van der Waals surface area contributed by atoms with Crippen LogP contribution < -0.4 is 16.4 Å². The standard InChI is InChI=1S/C7H12N6O/c8-7-11-5(12-13-7)3-4-6(14)10-2-1-9-4/h4,9H,1-3H2,(H,10,14)(H3,8,11,12,13). The van der Waals surface area contributed by atoms with Crippen LogP contribution in [0.2, 0.25) is 0 Å². The number of piperazine rings is 1. The number of nitrogens with zero attached hydrogens (tertiary/aromatic N) is 2. The summed E-state index contributed by atoms with van der Waals surface area (Å²) in [4.78, 5) is 15.3. The van der Waals surface area contributed by atoms with Crippen LogP contribution >= 0.6 is 0 Å². The molecular weight excluding hydrogens is 184 g/mol. The van der Waals surface area contributed by atoms with Crippen LogP contribution in [0.1, 0.15) is 5.82 Å². The van der Waals surface area contributed by atoms with E-state index < -0.39 is 0 Å². The van der Waals surface area contributed by atoms with Crippen LogP contribution in [0, 0.1) is 0 Å². The summed E-state index contributed by atoms with van der Waals surface area (Å²) in [5, 5.41) is 12.2. The van der Waals surface area contributed by atoms with Gasteiger partial charge in [-0.25, -0.2) is 0 Å². The van der Waals surface area contributed by atoms with Gasteiger partial charge in [-0.2, -0.15) is 4.98 Å². The molecule has 1 aromatic rings. The van der Waals surface area contributed by atoms with E-state index in [-0.39, 0.29) is 17.9 Å². The van der Waals surface area contributed by atoms with Crippen LogP contribution in [-0.4, -0.2) is 40.2 Å². The molecule has 1 aromatic heterocycles. The molecule has 2 rings (SSSR count). The number of carbonyl (C=O) groups is 1. The van der Waals surface area contributed by atoms with Crippen molar-refractivity contribution < 1.29 is 4.79 Å². The average Bonchev–Trinajstić information content (AvgIpc) is 2.56. The van der Waals surface area contributed by atoms with Crippen molar-refractivity contribution in [2.45, 2.75) is 12.5 Å². The van der Waals surface area contributed by atoms with Gasteiger partial charge in [-0.1, -0.05) is 0 Å². The highest BCUT2D eigenvalue weighted by atomic mass is 16.2. The Hall–Kier alpha value is -1.63. The number of H-pyrrole nitrogens is 1. The van der Waals surface area contributed by atoms with E-state index >= 15 is 0 Å². The van der Waals surface area contributed by atoms with E-state index in [1.807, 2.05) is 0 Å². The number of amides is 1. The van der Waals surface area contributed by atoms with E-state index in [9.17, 15) is 4.79 Å². The van der Waals surface area contributed by atoms with Crippen molar-refractivity contribution in [1.82, 2.24) is 25.8 Å². The average molecular weight is 196 g/mol. The predicted molar refractivity (Wildman–Crippen MR) is 49.3 cm³/mol. The van der Waals surface area contributed by atoms with Gasteiger partial charge < -0.3 is 16.4 Å². The molecule has 2 heterocycles. The highest BCUT2D eigenvalue weighted by Crippen LogP contribution is 2.00. The summed E-state index contributed by atoms with van der Waals surface area (Å²) in [5.74, 6) is 0.819. The molecule has 0 radical (unpaired) electrons. The van der Waals surface area contributed by atoms with Crippen molar-refractivity contribution in [3.05, 3.63) is 5.82 Å². The molecule has 1 unspecified atom stereocenters. The number of carbonyl (C=O) groups excluding carboxylic acids is 1. The molecule has 14 heavy (non-hydrogen) atoms. The van der Waals surface area contributed by atoms with Crippen molar-refractivity contribution in [3.63, 3.8) is 0 Å². The van der Waals surface area contributed by atoms with Crippen molar-refractivity contribution in [2.75, 3.05) is 18.8 Å². The first-order chi connectivity index (χ1) is 6.75. The number of aromatic amines is 1. The van der Waals surface area contributed by atoms with Crippen LogP contribution in [0.4, 0.5) is 5.95 Å². The molecule has 76 valence electrons.